The van der Waals surface area contributed by atoms with Gasteiger partial charge in [0.05, 0.1) is 0 Å². The summed E-state index contributed by atoms with van der Waals surface area (Å²) in [5.41, 5.74) is 0.745. The lowest BCUT2D eigenvalue weighted by Crippen LogP contribution is -2.08. The van der Waals surface area contributed by atoms with Gasteiger partial charge in [-0.25, -0.2) is 9.97 Å². The topological polar surface area (TPSA) is 83.8 Å². The Labute approximate surface area is 103 Å². The molecule has 18 heavy (non-hydrogen) atoms. The second-order valence-electron chi connectivity index (χ2n) is 3.93. The highest BCUT2D eigenvalue weighted by atomic mass is 15.3. The number of nitrogens with one attached hydrogen (secondary N) is 2. The van der Waals surface area contributed by atoms with Crippen molar-refractivity contribution in [3.63, 3.8) is 0 Å². The van der Waals surface area contributed by atoms with Crippen LogP contribution in [0.1, 0.15) is 11.6 Å². The van der Waals surface area contributed by atoms with Crippen molar-refractivity contribution in [3.05, 3.63) is 36.4 Å². The molecule has 0 amide bonds. The lowest BCUT2D eigenvalue weighted by Gasteiger charge is -2.05. The molecule has 0 unspecified atom stereocenters. The summed E-state index contributed by atoms with van der Waals surface area (Å²) in [5, 5.41) is 11.4. The molecule has 0 radical (unpaired) electrons. The monoisotopic (exact) mass is 243 g/mol. The van der Waals surface area contributed by atoms with Crippen molar-refractivity contribution in [1.29, 1.82) is 0 Å². The standard InChI is InChI=1S/C11H13N7/c1-8-16-17-11-10(15-6-7-18(8)11)14-3-2-9-12-4-5-13-9/h4-7H,2-3H2,1H3,(H,12,13)(H,14,15). The number of imidazole rings is 1. The Morgan fingerprint density at radius 2 is 2.22 bits per heavy atom. The predicted molar refractivity (Wildman–Crippen MR) is 66.3 cm³/mol. The van der Waals surface area contributed by atoms with E-state index in [0.717, 1.165) is 36.1 Å². The van der Waals surface area contributed by atoms with Crippen LogP contribution >= 0.6 is 0 Å². The van der Waals surface area contributed by atoms with E-state index in [0.29, 0.717) is 0 Å². The molecule has 0 aliphatic rings. The Morgan fingerprint density at radius 3 is 3.06 bits per heavy atom. The van der Waals surface area contributed by atoms with Crippen molar-refractivity contribution in [3.8, 4) is 0 Å². The maximum Gasteiger partial charge on any atom is 0.203 e. The van der Waals surface area contributed by atoms with E-state index < -0.39 is 0 Å². The third-order valence-corrected chi connectivity index (χ3v) is 2.71. The van der Waals surface area contributed by atoms with E-state index in [1.165, 1.54) is 0 Å². The number of hydrogen-bond donors (Lipinski definition) is 2. The van der Waals surface area contributed by atoms with Gasteiger partial charge in [0.1, 0.15) is 11.6 Å². The van der Waals surface area contributed by atoms with Crippen molar-refractivity contribution in [1.82, 2.24) is 29.5 Å². The van der Waals surface area contributed by atoms with Gasteiger partial charge < -0.3 is 10.3 Å². The molecule has 0 bridgehead atoms. The third-order valence-electron chi connectivity index (χ3n) is 2.71. The van der Waals surface area contributed by atoms with Gasteiger partial charge in [0.25, 0.3) is 0 Å². The largest absolute Gasteiger partial charge is 0.366 e. The van der Waals surface area contributed by atoms with Gasteiger partial charge in [-0.15, -0.1) is 10.2 Å². The van der Waals surface area contributed by atoms with Crippen molar-refractivity contribution < 1.29 is 0 Å². The second-order valence-corrected chi connectivity index (χ2v) is 3.93. The highest BCUT2D eigenvalue weighted by molar-refractivity contribution is 5.61. The maximum absolute atomic E-state index is 4.27. The fraction of sp³-hybridized carbons (Fsp3) is 0.273. The number of nitrogens with zero attached hydrogens (tertiary/aromatic N) is 5. The molecule has 3 heterocycles. The molecule has 7 nitrogen and oxygen atoms in total. The van der Waals surface area contributed by atoms with Crippen molar-refractivity contribution in [2.45, 2.75) is 13.3 Å². The molecule has 0 aliphatic carbocycles. The van der Waals surface area contributed by atoms with Crippen LogP contribution in [0, 0.1) is 6.92 Å². The van der Waals surface area contributed by atoms with Crippen LogP contribution in [0.5, 0.6) is 0 Å². The lowest BCUT2D eigenvalue weighted by atomic mass is 10.4. The molecule has 0 saturated heterocycles. The minimum atomic E-state index is 0.740. The maximum atomic E-state index is 4.27. The molecule has 92 valence electrons. The molecule has 0 fully saturated rings. The highest BCUT2D eigenvalue weighted by Gasteiger charge is 2.06. The molecule has 0 aromatic carbocycles. The van der Waals surface area contributed by atoms with Gasteiger partial charge >= 0.3 is 0 Å². The highest BCUT2D eigenvalue weighted by Crippen LogP contribution is 2.11. The lowest BCUT2D eigenvalue weighted by molar-refractivity contribution is 0.919. The number of H-pyrrole nitrogens is 1. The zero-order chi connectivity index (χ0) is 12.4. The summed E-state index contributed by atoms with van der Waals surface area (Å²) in [4.78, 5) is 11.5. The van der Waals surface area contributed by atoms with Crippen molar-refractivity contribution in [2.24, 2.45) is 0 Å². The van der Waals surface area contributed by atoms with Gasteiger partial charge in [-0.1, -0.05) is 0 Å². The first kappa shape index (κ1) is 10.7. The molecular formula is C11H13N7. The fourth-order valence-corrected chi connectivity index (χ4v) is 1.80. The third kappa shape index (κ3) is 1.90. The van der Waals surface area contributed by atoms with E-state index in [2.05, 4.69) is 30.5 Å². The van der Waals surface area contributed by atoms with Crippen molar-refractivity contribution >= 4 is 11.5 Å². The van der Waals surface area contributed by atoms with E-state index >= 15 is 0 Å². The number of aromatic amines is 1. The van der Waals surface area contributed by atoms with Crippen LogP contribution in [0.4, 0.5) is 5.82 Å². The normalized spacial score (nSPS) is 10.9. The fourth-order valence-electron chi connectivity index (χ4n) is 1.80. The summed E-state index contributed by atoms with van der Waals surface area (Å²) >= 11 is 0. The average molecular weight is 243 g/mol. The van der Waals surface area contributed by atoms with E-state index in [4.69, 9.17) is 0 Å². The smallest absolute Gasteiger partial charge is 0.203 e. The van der Waals surface area contributed by atoms with Crippen LogP contribution in [0.2, 0.25) is 0 Å². The number of aryl methyl sites for hydroxylation is 1. The minimum Gasteiger partial charge on any atom is -0.366 e. The first-order valence-electron chi connectivity index (χ1n) is 5.73. The van der Waals surface area contributed by atoms with Gasteiger partial charge in [0.2, 0.25) is 5.65 Å². The Balaban J connectivity index is 1.74. The van der Waals surface area contributed by atoms with E-state index in [1.54, 1.807) is 12.4 Å². The van der Waals surface area contributed by atoms with Crippen LogP contribution in [0.15, 0.2) is 24.8 Å². The number of hydrogen-bond acceptors (Lipinski definition) is 5. The molecule has 0 saturated carbocycles. The van der Waals surface area contributed by atoms with Crippen LogP contribution in [0.25, 0.3) is 5.65 Å². The second kappa shape index (κ2) is 4.44. The molecule has 2 N–H and O–H groups in total. The van der Waals surface area contributed by atoms with E-state index in [9.17, 15) is 0 Å². The predicted octanol–water partition coefficient (Wildman–Crippen LogP) is 0.810. The Hall–Kier alpha value is -2.44. The SMILES string of the molecule is Cc1nnc2c(NCCc3ncc[nH]3)nccn12. The van der Waals surface area contributed by atoms with Crippen LogP contribution < -0.4 is 5.32 Å². The summed E-state index contributed by atoms with van der Waals surface area (Å²) in [6, 6.07) is 0. The van der Waals surface area contributed by atoms with Crippen LogP contribution in [0.3, 0.4) is 0 Å². The molecule has 0 atom stereocenters. The Bertz CT molecular complexity index is 641. The first-order chi connectivity index (χ1) is 8.84. The van der Waals surface area contributed by atoms with E-state index in [-0.39, 0.29) is 0 Å². The number of rotatable bonds is 4. The average Bonchev–Trinajstić information content (AvgIpc) is 3.01. The number of fused-ring (bicyclic) bond motifs is 1. The molecule has 3 rings (SSSR count). The van der Waals surface area contributed by atoms with Gasteiger partial charge in [-0.2, -0.15) is 0 Å². The summed E-state index contributed by atoms with van der Waals surface area (Å²) in [6.45, 7) is 2.65. The summed E-state index contributed by atoms with van der Waals surface area (Å²) in [5.74, 6) is 2.54. The Morgan fingerprint density at radius 1 is 1.28 bits per heavy atom. The van der Waals surface area contributed by atoms with E-state index in [1.807, 2.05) is 23.7 Å². The van der Waals surface area contributed by atoms with Gasteiger partial charge in [-0.05, 0) is 6.92 Å². The zero-order valence-electron chi connectivity index (χ0n) is 9.96. The van der Waals surface area contributed by atoms with Gasteiger partial charge in [-0.3, -0.25) is 4.40 Å². The first-order valence-corrected chi connectivity index (χ1v) is 5.73. The minimum absolute atomic E-state index is 0.740. The molecule has 3 aromatic heterocycles. The van der Waals surface area contributed by atoms with Gasteiger partial charge in [0, 0.05) is 37.8 Å². The summed E-state index contributed by atoms with van der Waals surface area (Å²) in [7, 11) is 0. The molecular weight excluding hydrogens is 230 g/mol. The van der Waals surface area contributed by atoms with Crippen LogP contribution in [-0.2, 0) is 6.42 Å². The molecule has 3 aromatic rings. The summed E-state index contributed by atoms with van der Waals surface area (Å²) in [6.07, 6.45) is 7.95. The van der Waals surface area contributed by atoms with Crippen LogP contribution in [-0.4, -0.2) is 36.1 Å². The zero-order valence-corrected chi connectivity index (χ0v) is 9.96. The quantitative estimate of drug-likeness (QED) is 0.708. The van der Waals surface area contributed by atoms with Gasteiger partial charge in [0.15, 0.2) is 5.82 Å². The molecule has 7 heteroatoms. The number of aromatic nitrogens is 6. The summed E-state index contributed by atoms with van der Waals surface area (Å²) < 4.78 is 1.90. The molecule has 0 spiro atoms. The van der Waals surface area contributed by atoms with Crippen molar-refractivity contribution in [2.75, 3.05) is 11.9 Å². The Kier molecular flexibility index (Phi) is 2.64. The molecule has 0 aliphatic heterocycles. The number of anilines is 1.